The minimum absolute atomic E-state index is 0.286. The lowest BCUT2D eigenvalue weighted by Gasteiger charge is -2.24. The molecule has 7 heteroatoms. The number of H-pyrrole nitrogens is 1. The summed E-state index contributed by atoms with van der Waals surface area (Å²) in [5, 5.41) is 14.3. The van der Waals surface area contributed by atoms with Crippen LogP contribution in [-0.2, 0) is 0 Å². The molecule has 2 fully saturated rings. The van der Waals surface area contributed by atoms with Gasteiger partial charge in [-0.1, -0.05) is 0 Å². The molecular formula is C12H16N6O. The van der Waals surface area contributed by atoms with E-state index in [1.165, 1.54) is 17.4 Å². The van der Waals surface area contributed by atoms with Crippen LogP contribution >= 0.6 is 0 Å². The molecule has 19 heavy (non-hydrogen) atoms. The van der Waals surface area contributed by atoms with Crippen molar-refractivity contribution in [3.8, 4) is 0 Å². The van der Waals surface area contributed by atoms with Crippen LogP contribution in [0.25, 0.3) is 5.65 Å². The predicted molar refractivity (Wildman–Crippen MR) is 70.4 cm³/mol. The molecule has 2 unspecified atom stereocenters. The van der Waals surface area contributed by atoms with Crippen molar-refractivity contribution in [1.82, 2.24) is 25.1 Å². The number of anilines is 1. The smallest absolute Gasteiger partial charge is 0.354 e. The van der Waals surface area contributed by atoms with Gasteiger partial charge in [-0.15, -0.1) is 5.10 Å². The number of fused-ring (bicyclic) bond motifs is 3. The summed E-state index contributed by atoms with van der Waals surface area (Å²) in [6.45, 7) is 1.95. The summed E-state index contributed by atoms with van der Waals surface area (Å²) in [4.78, 5) is 13.8. The van der Waals surface area contributed by atoms with Crippen LogP contribution in [0.2, 0.25) is 0 Å². The van der Waals surface area contributed by atoms with Gasteiger partial charge < -0.3 is 10.2 Å². The maximum absolute atomic E-state index is 11.6. The Morgan fingerprint density at radius 3 is 3.05 bits per heavy atom. The van der Waals surface area contributed by atoms with E-state index in [0.717, 1.165) is 25.3 Å². The quantitative estimate of drug-likeness (QED) is 0.739. The highest BCUT2D eigenvalue weighted by Crippen LogP contribution is 2.23. The van der Waals surface area contributed by atoms with Gasteiger partial charge in [0.2, 0.25) is 0 Å². The highest BCUT2D eigenvalue weighted by atomic mass is 16.2. The standard InChI is InChI=1S/C12H16N6O/c19-12-15-14-10-3-4-11(16-18(10)12)17-6-5-8-1-2-9(7-17)13-8/h3-4,8-9,13H,1-2,5-7H2,(H,15,19). The lowest BCUT2D eigenvalue weighted by atomic mass is 10.1. The second-order valence-corrected chi connectivity index (χ2v) is 5.36. The van der Waals surface area contributed by atoms with Crippen LogP contribution in [0.5, 0.6) is 0 Å². The first-order chi connectivity index (χ1) is 9.29. The fourth-order valence-electron chi connectivity index (χ4n) is 3.11. The summed E-state index contributed by atoms with van der Waals surface area (Å²) < 4.78 is 1.33. The first kappa shape index (κ1) is 11.0. The van der Waals surface area contributed by atoms with Crippen molar-refractivity contribution in [2.75, 3.05) is 18.0 Å². The summed E-state index contributed by atoms with van der Waals surface area (Å²) >= 11 is 0. The molecule has 2 aliphatic rings. The Labute approximate surface area is 109 Å². The zero-order valence-corrected chi connectivity index (χ0v) is 10.5. The average molecular weight is 260 g/mol. The number of aromatic amines is 1. The normalized spacial score (nSPS) is 26.8. The third kappa shape index (κ3) is 1.81. The minimum atomic E-state index is -0.286. The number of aromatic nitrogens is 4. The maximum Gasteiger partial charge on any atom is 0.364 e. The van der Waals surface area contributed by atoms with Crippen molar-refractivity contribution in [2.45, 2.75) is 31.3 Å². The molecule has 2 bridgehead atoms. The van der Waals surface area contributed by atoms with Crippen LogP contribution in [0.4, 0.5) is 5.82 Å². The van der Waals surface area contributed by atoms with E-state index in [0.29, 0.717) is 17.7 Å². The predicted octanol–water partition coefficient (Wildman–Crippen LogP) is -0.252. The first-order valence-corrected chi connectivity index (χ1v) is 6.75. The molecule has 2 aliphatic heterocycles. The Morgan fingerprint density at radius 2 is 2.11 bits per heavy atom. The fraction of sp³-hybridized carbons (Fsp3) is 0.583. The first-order valence-electron chi connectivity index (χ1n) is 6.75. The summed E-state index contributed by atoms with van der Waals surface area (Å²) in [5.41, 5.74) is 0.273. The second kappa shape index (κ2) is 4.06. The van der Waals surface area contributed by atoms with E-state index in [4.69, 9.17) is 0 Å². The Hall–Kier alpha value is -1.89. The molecule has 2 aromatic heterocycles. The van der Waals surface area contributed by atoms with Gasteiger partial charge in [-0.2, -0.15) is 9.61 Å². The Balaban J connectivity index is 1.69. The summed E-state index contributed by atoms with van der Waals surface area (Å²) in [5.74, 6) is 0.852. The van der Waals surface area contributed by atoms with Gasteiger partial charge in [-0.25, -0.2) is 9.89 Å². The summed E-state index contributed by atoms with van der Waals surface area (Å²) in [6, 6.07) is 4.97. The molecule has 4 heterocycles. The molecule has 0 saturated carbocycles. The second-order valence-electron chi connectivity index (χ2n) is 5.36. The van der Waals surface area contributed by atoms with Crippen molar-refractivity contribution >= 4 is 11.5 Å². The van der Waals surface area contributed by atoms with Gasteiger partial charge >= 0.3 is 5.69 Å². The van der Waals surface area contributed by atoms with E-state index >= 15 is 0 Å². The van der Waals surface area contributed by atoms with Crippen LogP contribution in [0.15, 0.2) is 16.9 Å². The van der Waals surface area contributed by atoms with Crippen LogP contribution < -0.4 is 15.9 Å². The average Bonchev–Trinajstić information content (AvgIpc) is 2.93. The third-order valence-corrected chi connectivity index (χ3v) is 4.11. The maximum atomic E-state index is 11.6. The van der Waals surface area contributed by atoms with Crippen LogP contribution in [0.3, 0.4) is 0 Å². The van der Waals surface area contributed by atoms with E-state index in [1.807, 2.05) is 12.1 Å². The fourth-order valence-corrected chi connectivity index (χ4v) is 3.11. The molecule has 4 rings (SSSR count). The zero-order chi connectivity index (χ0) is 12.8. The zero-order valence-electron chi connectivity index (χ0n) is 10.5. The van der Waals surface area contributed by atoms with Gasteiger partial charge in [0.15, 0.2) is 5.65 Å². The third-order valence-electron chi connectivity index (χ3n) is 4.11. The molecular weight excluding hydrogens is 244 g/mol. The van der Waals surface area contributed by atoms with Crippen molar-refractivity contribution in [3.05, 3.63) is 22.6 Å². The molecule has 2 atom stereocenters. The number of rotatable bonds is 1. The van der Waals surface area contributed by atoms with Crippen molar-refractivity contribution in [1.29, 1.82) is 0 Å². The van der Waals surface area contributed by atoms with Gasteiger partial charge in [0.05, 0.1) is 0 Å². The molecule has 2 N–H and O–H groups in total. The van der Waals surface area contributed by atoms with Crippen LogP contribution in [0, 0.1) is 0 Å². The van der Waals surface area contributed by atoms with E-state index < -0.39 is 0 Å². The SMILES string of the molecule is O=c1[nH]nc2ccc(N3CCC4CCC(C3)N4)nn12. The monoisotopic (exact) mass is 260 g/mol. The van der Waals surface area contributed by atoms with Gasteiger partial charge in [0, 0.05) is 25.2 Å². The molecule has 0 aliphatic carbocycles. The lowest BCUT2D eigenvalue weighted by molar-refractivity contribution is 0.563. The van der Waals surface area contributed by atoms with E-state index in [9.17, 15) is 4.79 Å². The van der Waals surface area contributed by atoms with E-state index in [1.54, 1.807) is 0 Å². The molecule has 0 amide bonds. The topological polar surface area (TPSA) is 78.3 Å². The van der Waals surface area contributed by atoms with Gasteiger partial charge in [0.25, 0.3) is 0 Å². The summed E-state index contributed by atoms with van der Waals surface area (Å²) in [7, 11) is 0. The number of hydrogen-bond donors (Lipinski definition) is 2. The number of hydrogen-bond acceptors (Lipinski definition) is 5. The van der Waals surface area contributed by atoms with Crippen molar-refractivity contribution in [3.63, 3.8) is 0 Å². The highest BCUT2D eigenvalue weighted by Gasteiger charge is 2.29. The summed E-state index contributed by atoms with van der Waals surface area (Å²) in [6.07, 6.45) is 3.65. The molecule has 2 aromatic rings. The highest BCUT2D eigenvalue weighted by molar-refractivity contribution is 5.45. The number of nitrogens with one attached hydrogen (secondary N) is 2. The van der Waals surface area contributed by atoms with Crippen molar-refractivity contribution < 1.29 is 0 Å². The molecule has 0 aromatic carbocycles. The molecule has 0 spiro atoms. The Morgan fingerprint density at radius 1 is 1.21 bits per heavy atom. The molecule has 7 nitrogen and oxygen atoms in total. The van der Waals surface area contributed by atoms with E-state index in [2.05, 4.69) is 25.5 Å². The Bertz CT molecular complexity index is 662. The number of nitrogens with zero attached hydrogens (tertiary/aromatic N) is 4. The Kier molecular flexibility index (Phi) is 2.34. The van der Waals surface area contributed by atoms with E-state index in [-0.39, 0.29) is 5.69 Å². The van der Waals surface area contributed by atoms with Crippen LogP contribution in [0.1, 0.15) is 19.3 Å². The largest absolute Gasteiger partial charge is 0.364 e. The van der Waals surface area contributed by atoms with Crippen LogP contribution in [-0.4, -0.2) is 45.0 Å². The van der Waals surface area contributed by atoms with Gasteiger partial charge in [-0.05, 0) is 31.4 Å². The molecule has 100 valence electrons. The lowest BCUT2D eigenvalue weighted by Crippen LogP contribution is -2.36. The van der Waals surface area contributed by atoms with Gasteiger partial charge in [0.1, 0.15) is 5.82 Å². The minimum Gasteiger partial charge on any atom is -0.354 e. The van der Waals surface area contributed by atoms with Gasteiger partial charge in [-0.3, -0.25) is 0 Å². The molecule has 0 radical (unpaired) electrons. The van der Waals surface area contributed by atoms with Crippen molar-refractivity contribution in [2.24, 2.45) is 0 Å². The molecule has 2 saturated heterocycles.